The Labute approximate surface area is 172 Å². The van der Waals surface area contributed by atoms with Gasteiger partial charge in [-0.25, -0.2) is 5.43 Å². The molecule has 1 N–H and O–H groups in total. The monoisotopic (exact) mass is 382 g/mol. The highest BCUT2D eigenvalue weighted by atomic mass is 16.2. The van der Waals surface area contributed by atoms with Crippen molar-refractivity contribution in [1.82, 2.24) is 5.43 Å². The van der Waals surface area contributed by atoms with Crippen LogP contribution in [0.25, 0.3) is 0 Å². The molecule has 0 spiro atoms. The standard InChI is InChI=1S/C26H26N2O/c1-18-14-15-19(2)23(16-18)20(3)27-28-25(29)24-17-26(24,21-10-6-4-7-11-21)22-12-8-5-9-13-22/h4-16,24H,17H2,1-3H3,(H,28,29)/b27-20-/t24-/m0/s1. The lowest BCUT2D eigenvalue weighted by molar-refractivity contribution is -0.122. The van der Waals surface area contributed by atoms with Crippen LogP contribution >= 0.6 is 0 Å². The van der Waals surface area contributed by atoms with Crippen molar-refractivity contribution < 1.29 is 4.79 Å². The molecule has 0 saturated heterocycles. The highest BCUT2D eigenvalue weighted by molar-refractivity contribution is 6.01. The van der Waals surface area contributed by atoms with Crippen LogP contribution in [0.4, 0.5) is 0 Å². The second-order valence-electron chi connectivity index (χ2n) is 7.95. The summed E-state index contributed by atoms with van der Waals surface area (Å²) in [5, 5.41) is 4.43. The first-order valence-electron chi connectivity index (χ1n) is 10.0. The second kappa shape index (κ2) is 7.67. The number of aryl methyl sites for hydroxylation is 2. The minimum absolute atomic E-state index is 0.0256. The smallest absolute Gasteiger partial charge is 0.244 e. The van der Waals surface area contributed by atoms with Crippen LogP contribution in [-0.2, 0) is 10.2 Å². The number of hydrazone groups is 1. The number of hydrogen-bond acceptors (Lipinski definition) is 2. The van der Waals surface area contributed by atoms with Crippen molar-refractivity contribution in [3.8, 4) is 0 Å². The van der Waals surface area contributed by atoms with E-state index in [2.05, 4.69) is 66.8 Å². The summed E-state index contributed by atoms with van der Waals surface area (Å²) in [7, 11) is 0. The third-order valence-corrected chi connectivity index (χ3v) is 5.97. The molecule has 1 aliphatic rings. The maximum atomic E-state index is 13.0. The van der Waals surface area contributed by atoms with Gasteiger partial charge in [-0.2, -0.15) is 5.10 Å². The van der Waals surface area contributed by atoms with Gasteiger partial charge >= 0.3 is 0 Å². The topological polar surface area (TPSA) is 41.5 Å². The molecule has 0 aromatic heterocycles. The SMILES string of the molecule is C/C(=N/NC(=O)[C@@H]1CC1(c1ccccc1)c1ccccc1)c1cc(C)ccc1C. The Morgan fingerprint density at radius 1 is 0.931 bits per heavy atom. The molecule has 1 saturated carbocycles. The van der Waals surface area contributed by atoms with Crippen LogP contribution in [0.2, 0.25) is 0 Å². The maximum Gasteiger partial charge on any atom is 0.244 e. The van der Waals surface area contributed by atoms with Crippen molar-refractivity contribution in [1.29, 1.82) is 0 Å². The second-order valence-corrected chi connectivity index (χ2v) is 7.95. The van der Waals surface area contributed by atoms with E-state index in [0.29, 0.717) is 0 Å². The fourth-order valence-electron chi connectivity index (χ4n) is 4.26. The first-order chi connectivity index (χ1) is 14.0. The molecule has 146 valence electrons. The number of hydrogen-bond donors (Lipinski definition) is 1. The molecule has 3 aromatic rings. The van der Waals surface area contributed by atoms with Gasteiger partial charge in [-0.3, -0.25) is 4.79 Å². The number of amides is 1. The van der Waals surface area contributed by atoms with E-state index in [1.165, 1.54) is 16.7 Å². The zero-order valence-corrected chi connectivity index (χ0v) is 17.1. The van der Waals surface area contributed by atoms with E-state index >= 15 is 0 Å². The zero-order chi connectivity index (χ0) is 20.4. The fraction of sp³-hybridized carbons (Fsp3) is 0.231. The Morgan fingerprint density at radius 3 is 2.10 bits per heavy atom. The first kappa shape index (κ1) is 19.1. The predicted octanol–water partition coefficient (Wildman–Crippen LogP) is 5.15. The van der Waals surface area contributed by atoms with Crippen LogP contribution in [0.5, 0.6) is 0 Å². The van der Waals surface area contributed by atoms with E-state index in [-0.39, 0.29) is 17.2 Å². The minimum atomic E-state index is -0.269. The Morgan fingerprint density at radius 2 is 1.52 bits per heavy atom. The van der Waals surface area contributed by atoms with E-state index in [1.54, 1.807) is 0 Å². The zero-order valence-electron chi connectivity index (χ0n) is 17.1. The summed E-state index contributed by atoms with van der Waals surface area (Å²) in [6, 6.07) is 26.9. The van der Waals surface area contributed by atoms with E-state index in [4.69, 9.17) is 0 Å². The lowest BCUT2D eigenvalue weighted by Gasteiger charge is -2.18. The molecule has 0 aliphatic heterocycles. The lowest BCUT2D eigenvalue weighted by atomic mass is 9.85. The molecule has 3 heteroatoms. The number of rotatable bonds is 5. The molecule has 0 bridgehead atoms. The molecule has 1 aliphatic carbocycles. The molecule has 0 radical (unpaired) electrons. The molecule has 1 fully saturated rings. The highest BCUT2D eigenvalue weighted by Crippen LogP contribution is 2.58. The van der Waals surface area contributed by atoms with Crippen LogP contribution in [0, 0.1) is 19.8 Å². The summed E-state index contributed by atoms with van der Waals surface area (Å²) in [6.45, 7) is 6.07. The van der Waals surface area contributed by atoms with E-state index < -0.39 is 0 Å². The molecule has 1 atom stereocenters. The average Bonchev–Trinajstić information content (AvgIpc) is 3.52. The Balaban J connectivity index is 1.58. The molecule has 1 amide bonds. The quantitative estimate of drug-likeness (QED) is 0.481. The average molecular weight is 383 g/mol. The van der Waals surface area contributed by atoms with Crippen LogP contribution in [-0.4, -0.2) is 11.6 Å². The van der Waals surface area contributed by atoms with Crippen LogP contribution in [0.15, 0.2) is 84.0 Å². The number of carbonyl (C=O) groups is 1. The van der Waals surface area contributed by atoms with Crippen LogP contribution in [0.1, 0.15) is 41.2 Å². The van der Waals surface area contributed by atoms with Gasteiger partial charge in [0.15, 0.2) is 0 Å². The van der Waals surface area contributed by atoms with Gasteiger partial charge in [0.25, 0.3) is 0 Å². The van der Waals surface area contributed by atoms with Crippen molar-refractivity contribution in [2.45, 2.75) is 32.6 Å². The van der Waals surface area contributed by atoms with E-state index in [1.807, 2.05) is 43.3 Å². The van der Waals surface area contributed by atoms with Gasteiger partial charge in [0.2, 0.25) is 5.91 Å². The number of nitrogens with zero attached hydrogens (tertiary/aromatic N) is 1. The van der Waals surface area contributed by atoms with Gasteiger partial charge < -0.3 is 0 Å². The number of nitrogens with one attached hydrogen (secondary N) is 1. The van der Waals surface area contributed by atoms with Crippen molar-refractivity contribution in [2.75, 3.05) is 0 Å². The molecule has 3 aromatic carbocycles. The third kappa shape index (κ3) is 3.61. The van der Waals surface area contributed by atoms with Gasteiger partial charge in [0.05, 0.1) is 11.6 Å². The van der Waals surface area contributed by atoms with Crippen LogP contribution < -0.4 is 5.43 Å². The summed E-state index contributed by atoms with van der Waals surface area (Å²) in [4.78, 5) is 13.0. The van der Waals surface area contributed by atoms with Crippen molar-refractivity contribution in [2.24, 2.45) is 11.0 Å². The molecule has 29 heavy (non-hydrogen) atoms. The minimum Gasteiger partial charge on any atom is -0.273 e. The number of carbonyl (C=O) groups excluding carboxylic acids is 1. The molecule has 4 rings (SSSR count). The summed E-state index contributed by atoms with van der Waals surface area (Å²) in [5.41, 5.74) is 9.16. The van der Waals surface area contributed by atoms with Gasteiger partial charge in [0.1, 0.15) is 0 Å². The van der Waals surface area contributed by atoms with Crippen molar-refractivity contribution in [3.63, 3.8) is 0 Å². The van der Waals surface area contributed by atoms with Crippen LogP contribution in [0.3, 0.4) is 0 Å². The first-order valence-corrected chi connectivity index (χ1v) is 10.0. The number of benzene rings is 3. The van der Waals surface area contributed by atoms with Gasteiger partial charge in [-0.05, 0) is 49.9 Å². The maximum absolute atomic E-state index is 13.0. The Hall–Kier alpha value is -3.20. The molecule has 0 unspecified atom stereocenters. The summed E-state index contributed by atoms with van der Waals surface area (Å²) < 4.78 is 0. The molecule has 3 nitrogen and oxygen atoms in total. The predicted molar refractivity (Wildman–Crippen MR) is 118 cm³/mol. The van der Waals surface area contributed by atoms with Crippen molar-refractivity contribution >= 4 is 11.6 Å². The van der Waals surface area contributed by atoms with Gasteiger partial charge in [-0.15, -0.1) is 0 Å². The van der Waals surface area contributed by atoms with Crippen molar-refractivity contribution in [3.05, 3.63) is 107 Å². The molecular weight excluding hydrogens is 356 g/mol. The fourth-order valence-corrected chi connectivity index (χ4v) is 4.26. The normalized spacial score (nSPS) is 17.6. The van der Waals surface area contributed by atoms with E-state index in [0.717, 1.165) is 23.3 Å². The van der Waals surface area contributed by atoms with Gasteiger partial charge in [0, 0.05) is 11.0 Å². The molecular formula is C26H26N2O. The Bertz CT molecular complexity index is 1020. The summed E-state index contributed by atoms with van der Waals surface area (Å²) >= 11 is 0. The lowest BCUT2D eigenvalue weighted by Crippen LogP contribution is -2.26. The summed E-state index contributed by atoms with van der Waals surface area (Å²) in [5.74, 6) is -0.148. The van der Waals surface area contributed by atoms with Gasteiger partial charge in [-0.1, -0.05) is 78.4 Å². The molecule has 0 heterocycles. The third-order valence-electron chi connectivity index (χ3n) is 5.97. The largest absolute Gasteiger partial charge is 0.273 e. The van der Waals surface area contributed by atoms with E-state index in [9.17, 15) is 4.79 Å². The summed E-state index contributed by atoms with van der Waals surface area (Å²) in [6.07, 6.45) is 0.797. The highest BCUT2D eigenvalue weighted by Gasteiger charge is 2.60. The Kier molecular flexibility index (Phi) is 5.06.